The summed E-state index contributed by atoms with van der Waals surface area (Å²) in [7, 11) is 0. The van der Waals surface area contributed by atoms with Crippen molar-refractivity contribution in [1.82, 2.24) is 14.9 Å². The Labute approximate surface area is 182 Å². The molecule has 1 amide bonds. The molecular formula is C24H28N4O3. The smallest absolute Gasteiger partial charge is 0.222 e. The Hall–Kier alpha value is -3.35. The number of hydrogen-bond donors (Lipinski definition) is 1. The zero-order valence-corrected chi connectivity index (χ0v) is 17.8. The summed E-state index contributed by atoms with van der Waals surface area (Å²) in [5.41, 5.74) is 2.66. The number of amides is 1. The molecule has 2 aromatic carbocycles. The quantitative estimate of drug-likeness (QED) is 0.466. The number of para-hydroxylation sites is 2. The van der Waals surface area contributed by atoms with Crippen molar-refractivity contribution in [2.45, 2.75) is 26.2 Å². The molecule has 162 valence electrons. The van der Waals surface area contributed by atoms with Gasteiger partial charge in [-0.1, -0.05) is 12.1 Å². The Bertz CT molecular complexity index is 1010. The number of anilines is 1. The standard InChI is InChI=1S/C24H28N4O3/c1-18(29)19-9-11-20(12-10-19)31-17-4-8-23(30)27-13-5-14-28(16-15-27)24-25-21-6-2-3-7-22(21)26-24/h2-3,6-7,9-12H,4-5,8,13-17H2,1H3,(H,25,26). The summed E-state index contributed by atoms with van der Waals surface area (Å²) in [6.45, 7) is 5.13. The van der Waals surface area contributed by atoms with Crippen molar-refractivity contribution in [3.63, 3.8) is 0 Å². The number of Topliss-reactive ketones (excluding diaryl/α,β-unsaturated/α-hetero) is 1. The highest BCUT2D eigenvalue weighted by Gasteiger charge is 2.20. The fourth-order valence-electron chi connectivity index (χ4n) is 3.83. The van der Waals surface area contributed by atoms with Gasteiger partial charge in [0, 0.05) is 38.2 Å². The molecule has 1 aliphatic rings. The second kappa shape index (κ2) is 9.64. The van der Waals surface area contributed by atoms with Crippen molar-refractivity contribution in [3.8, 4) is 5.75 Å². The molecule has 1 aliphatic heterocycles. The van der Waals surface area contributed by atoms with E-state index < -0.39 is 0 Å². The Balaban J connectivity index is 1.22. The van der Waals surface area contributed by atoms with Crippen LogP contribution in [-0.4, -0.2) is 59.3 Å². The maximum atomic E-state index is 12.7. The van der Waals surface area contributed by atoms with Crippen LogP contribution in [0.25, 0.3) is 11.0 Å². The van der Waals surface area contributed by atoms with Gasteiger partial charge in [-0.15, -0.1) is 0 Å². The average Bonchev–Trinajstić information content (AvgIpc) is 3.06. The number of nitrogens with zero attached hydrogens (tertiary/aromatic N) is 3. The Morgan fingerprint density at radius 1 is 1.03 bits per heavy atom. The molecule has 7 heteroatoms. The highest BCUT2D eigenvalue weighted by molar-refractivity contribution is 5.94. The first kappa shape index (κ1) is 20.9. The lowest BCUT2D eigenvalue weighted by Crippen LogP contribution is -2.35. The molecule has 1 N–H and O–H groups in total. The van der Waals surface area contributed by atoms with Gasteiger partial charge in [-0.25, -0.2) is 4.98 Å². The van der Waals surface area contributed by atoms with Gasteiger partial charge in [0.1, 0.15) is 5.75 Å². The van der Waals surface area contributed by atoms with Gasteiger partial charge >= 0.3 is 0 Å². The van der Waals surface area contributed by atoms with E-state index in [1.807, 2.05) is 29.2 Å². The number of fused-ring (bicyclic) bond motifs is 1. The Morgan fingerprint density at radius 3 is 2.61 bits per heavy atom. The molecule has 31 heavy (non-hydrogen) atoms. The van der Waals surface area contributed by atoms with Gasteiger partial charge in [0.25, 0.3) is 0 Å². The number of nitrogens with one attached hydrogen (secondary N) is 1. The minimum atomic E-state index is 0.0356. The van der Waals surface area contributed by atoms with Crippen LogP contribution in [0, 0.1) is 0 Å². The van der Waals surface area contributed by atoms with Gasteiger partial charge in [0.15, 0.2) is 5.78 Å². The summed E-state index contributed by atoms with van der Waals surface area (Å²) in [6, 6.07) is 15.1. The molecule has 7 nitrogen and oxygen atoms in total. The van der Waals surface area contributed by atoms with E-state index in [4.69, 9.17) is 4.74 Å². The minimum Gasteiger partial charge on any atom is -0.494 e. The highest BCUT2D eigenvalue weighted by Crippen LogP contribution is 2.19. The first-order valence-corrected chi connectivity index (χ1v) is 10.8. The largest absolute Gasteiger partial charge is 0.494 e. The van der Waals surface area contributed by atoms with E-state index in [0.29, 0.717) is 37.3 Å². The van der Waals surface area contributed by atoms with E-state index in [2.05, 4.69) is 14.9 Å². The van der Waals surface area contributed by atoms with E-state index in [1.165, 1.54) is 0 Å². The first-order valence-electron chi connectivity index (χ1n) is 10.8. The number of ketones is 1. The van der Waals surface area contributed by atoms with Crippen LogP contribution in [-0.2, 0) is 4.79 Å². The fourth-order valence-corrected chi connectivity index (χ4v) is 3.83. The number of carbonyl (C=O) groups is 2. The lowest BCUT2D eigenvalue weighted by Gasteiger charge is -2.21. The topological polar surface area (TPSA) is 78.5 Å². The van der Waals surface area contributed by atoms with Gasteiger partial charge < -0.3 is 19.5 Å². The van der Waals surface area contributed by atoms with Crippen LogP contribution in [0.3, 0.4) is 0 Å². The third-order valence-electron chi connectivity index (χ3n) is 5.59. The van der Waals surface area contributed by atoms with E-state index in [-0.39, 0.29) is 11.7 Å². The van der Waals surface area contributed by atoms with E-state index in [0.717, 1.165) is 43.0 Å². The summed E-state index contributed by atoms with van der Waals surface area (Å²) >= 11 is 0. The molecule has 1 saturated heterocycles. The molecule has 4 rings (SSSR count). The molecule has 0 saturated carbocycles. The maximum Gasteiger partial charge on any atom is 0.222 e. The Kier molecular flexibility index (Phi) is 6.50. The Morgan fingerprint density at radius 2 is 1.84 bits per heavy atom. The summed E-state index contributed by atoms with van der Waals surface area (Å²) in [4.78, 5) is 36.2. The van der Waals surface area contributed by atoms with Gasteiger partial charge in [0.2, 0.25) is 11.9 Å². The van der Waals surface area contributed by atoms with E-state index in [9.17, 15) is 9.59 Å². The molecule has 0 radical (unpaired) electrons. The van der Waals surface area contributed by atoms with Crippen LogP contribution in [0.15, 0.2) is 48.5 Å². The highest BCUT2D eigenvalue weighted by atomic mass is 16.5. The number of aromatic amines is 1. The van der Waals surface area contributed by atoms with Gasteiger partial charge in [-0.3, -0.25) is 9.59 Å². The maximum absolute atomic E-state index is 12.7. The fraction of sp³-hybridized carbons (Fsp3) is 0.375. The summed E-state index contributed by atoms with van der Waals surface area (Å²) in [5.74, 6) is 1.80. The molecule has 2 heterocycles. The van der Waals surface area contributed by atoms with Crippen molar-refractivity contribution < 1.29 is 14.3 Å². The van der Waals surface area contributed by atoms with Crippen LogP contribution in [0.2, 0.25) is 0 Å². The lowest BCUT2D eigenvalue weighted by molar-refractivity contribution is -0.131. The van der Waals surface area contributed by atoms with Crippen LogP contribution in [0.1, 0.15) is 36.5 Å². The van der Waals surface area contributed by atoms with Crippen molar-refractivity contribution in [2.24, 2.45) is 0 Å². The van der Waals surface area contributed by atoms with E-state index >= 15 is 0 Å². The molecule has 3 aromatic rings. The minimum absolute atomic E-state index is 0.0356. The number of aromatic nitrogens is 2. The predicted molar refractivity (Wildman–Crippen MR) is 121 cm³/mol. The van der Waals surface area contributed by atoms with E-state index in [1.54, 1.807) is 31.2 Å². The average molecular weight is 421 g/mol. The second-order valence-corrected chi connectivity index (χ2v) is 7.83. The number of H-pyrrole nitrogens is 1. The number of hydrogen-bond acceptors (Lipinski definition) is 5. The van der Waals surface area contributed by atoms with Crippen LogP contribution in [0.5, 0.6) is 5.75 Å². The van der Waals surface area contributed by atoms with Crippen LogP contribution < -0.4 is 9.64 Å². The number of ether oxygens (including phenoxy) is 1. The third-order valence-corrected chi connectivity index (χ3v) is 5.59. The summed E-state index contributed by atoms with van der Waals surface area (Å²) < 4.78 is 5.70. The second-order valence-electron chi connectivity index (χ2n) is 7.83. The molecule has 0 aliphatic carbocycles. The molecule has 0 unspecified atom stereocenters. The molecule has 1 aromatic heterocycles. The lowest BCUT2D eigenvalue weighted by atomic mass is 10.1. The van der Waals surface area contributed by atoms with Crippen molar-refractivity contribution >= 4 is 28.7 Å². The monoisotopic (exact) mass is 420 g/mol. The zero-order chi connectivity index (χ0) is 21.6. The normalized spacial score (nSPS) is 14.5. The summed E-state index contributed by atoms with van der Waals surface area (Å²) in [5, 5.41) is 0. The number of benzene rings is 2. The van der Waals surface area contributed by atoms with Crippen molar-refractivity contribution in [1.29, 1.82) is 0 Å². The van der Waals surface area contributed by atoms with Crippen molar-refractivity contribution in [2.75, 3.05) is 37.7 Å². The third kappa shape index (κ3) is 5.23. The number of rotatable bonds is 7. The van der Waals surface area contributed by atoms with Crippen LogP contribution in [0.4, 0.5) is 5.95 Å². The molecule has 0 bridgehead atoms. The number of imidazole rings is 1. The van der Waals surface area contributed by atoms with Gasteiger partial charge in [0.05, 0.1) is 17.6 Å². The van der Waals surface area contributed by atoms with Gasteiger partial charge in [-0.2, -0.15) is 0 Å². The zero-order valence-electron chi connectivity index (χ0n) is 17.8. The molecular weight excluding hydrogens is 392 g/mol. The summed E-state index contributed by atoms with van der Waals surface area (Å²) in [6.07, 6.45) is 2.05. The number of carbonyl (C=O) groups excluding carboxylic acids is 2. The first-order chi connectivity index (χ1) is 15.1. The van der Waals surface area contributed by atoms with Crippen LogP contribution >= 0.6 is 0 Å². The SMILES string of the molecule is CC(=O)c1ccc(OCCCC(=O)N2CCCN(c3nc4ccccc4[nH]3)CC2)cc1. The molecule has 1 fully saturated rings. The molecule has 0 spiro atoms. The molecule has 0 atom stereocenters. The van der Waals surface area contributed by atoms with Gasteiger partial charge in [-0.05, 0) is 56.2 Å². The van der Waals surface area contributed by atoms with Crippen molar-refractivity contribution in [3.05, 3.63) is 54.1 Å². The predicted octanol–water partition coefficient (Wildman–Crippen LogP) is 3.66.